The molecule has 7 heteroatoms. The van der Waals surface area contributed by atoms with Crippen molar-refractivity contribution in [2.45, 2.75) is 19.7 Å². The average Bonchev–Trinajstić information content (AvgIpc) is 3.31. The summed E-state index contributed by atoms with van der Waals surface area (Å²) in [6.45, 7) is 1.34. The number of nitrogens with one attached hydrogen (secondary N) is 1. The van der Waals surface area contributed by atoms with Crippen molar-refractivity contribution in [2.75, 3.05) is 0 Å². The number of ether oxygens (including phenoxy) is 1. The van der Waals surface area contributed by atoms with E-state index in [1.54, 1.807) is 23.1 Å². The second kappa shape index (κ2) is 9.91. The molecule has 0 saturated carbocycles. The van der Waals surface area contributed by atoms with Crippen LogP contribution in [0.5, 0.6) is 5.75 Å². The van der Waals surface area contributed by atoms with Crippen molar-refractivity contribution in [3.63, 3.8) is 0 Å². The summed E-state index contributed by atoms with van der Waals surface area (Å²) in [5.41, 5.74) is 3.55. The molecule has 0 aliphatic carbocycles. The summed E-state index contributed by atoms with van der Waals surface area (Å²) in [6, 6.07) is 22.6. The number of halogens is 1. The third kappa shape index (κ3) is 5.49. The molecule has 1 aromatic heterocycles. The fourth-order valence-electron chi connectivity index (χ4n) is 3.17. The molecule has 0 unspecified atom stereocenters. The quantitative estimate of drug-likeness (QED) is 0.445. The van der Waals surface area contributed by atoms with Crippen LogP contribution in [0.2, 0.25) is 5.02 Å². The van der Waals surface area contributed by atoms with Gasteiger partial charge in [0.15, 0.2) is 0 Å². The van der Waals surface area contributed by atoms with E-state index in [4.69, 9.17) is 16.3 Å². The van der Waals surface area contributed by atoms with Gasteiger partial charge in [-0.3, -0.25) is 4.79 Å². The van der Waals surface area contributed by atoms with Crippen molar-refractivity contribution in [2.24, 2.45) is 0 Å². The molecule has 1 N–H and O–H groups in total. The first-order valence-electron chi connectivity index (χ1n) is 9.83. The normalized spacial score (nSPS) is 10.6. The van der Waals surface area contributed by atoms with E-state index in [9.17, 15) is 4.79 Å². The Hall–Kier alpha value is -3.64. The number of hydrogen-bond acceptors (Lipinski definition) is 4. The summed E-state index contributed by atoms with van der Waals surface area (Å²) in [7, 11) is 0. The number of carbonyl (C=O) groups excluding carboxylic acids is 1. The molecule has 0 atom stereocenters. The lowest BCUT2D eigenvalue weighted by Crippen LogP contribution is -2.24. The molecule has 6 nitrogen and oxygen atoms in total. The molecular weight excluding hydrogens is 412 g/mol. The second-order valence-corrected chi connectivity index (χ2v) is 7.39. The lowest BCUT2D eigenvalue weighted by molar-refractivity contribution is 0.0946. The van der Waals surface area contributed by atoms with Gasteiger partial charge in [0.2, 0.25) is 0 Å². The maximum atomic E-state index is 12.9. The molecular formula is C24H21ClN4O2. The number of benzene rings is 3. The molecule has 0 spiro atoms. The molecule has 4 aromatic rings. The van der Waals surface area contributed by atoms with Crippen molar-refractivity contribution < 1.29 is 9.53 Å². The molecule has 0 aliphatic heterocycles. The Balaban J connectivity index is 1.42. The summed E-state index contributed by atoms with van der Waals surface area (Å²) in [6.07, 6.45) is 3.18. The monoisotopic (exact) mass is 432 g/mol. The van der Waals surface area contributed by atoms with Gasteiger partial charge < -0.3 is 10.1 Å². The predicted octanol–water partition coefficient (Wildman–Crippen LogP) is 4.49. The van der Waals surface area contributed by atoms with E-state index in [1.165, 1.54) is 6.33 Å². The van der Waals surface area contributed by atoms with Crippen LogP contribution in [0.3, 0.4) is 0 Å². The molecule has 4 rings (SSSR count). The summed E-state index contributed by atoms with van der Waals surface area (Å²) in [5.74, 6) is 0.341. The van der Waals surface area contributed by atoms with E-state index in [-0.39, 0.29) is 5.91 Å². The topological polar surface area (TPSA) is 69.0 Å². The highest BCUT2D eigenvalue weighted by atomic mass is 35.5. The second-order valence-electron chi connectivity index (χ2n) is 6.96. The molecule has 3 aromatic carbocycles. The predicted molar refractivity (Wildman–Crippen MR) is 119 cm³/mol. The zero-order chi connectivity index (χ0) is 21.5. The van der Waals surface area contributed by atoms with Gasteiger partial charge in [0.1, 0.15) is 25.0 Å². The molecule has 0 saturated heterocycles. The van der Waals surface area contributed by atoms with Gasteiger partial charge in [0.05, 0.1) is 12.1 Å². The van der Waals surface area contributed by atoms with Crippen LogP contribution in [0.4, 0.5) is 0 Å². The van der Waals surface area contributed by atoms with Gasteiger partial charge in [-0.25, -0.2) is 9.67 Å². The highest BCUT2D eigenvalue weighted by Gasteiger charge is 2.13. The molecule has 0 bridgehead atoms. The van der Waals surface area contributed by atoms with Crippen molar-refractivity contribution in [1.82, 2.24) is 20.1 Å². The summed E-state index contributed by atoms with van der Waals surface area (Å²) in [5, 5.41) is 7.82. The highest BCUT2D eigenvalue weighted by Crippen LogP contribution is 2.20. The van der Waals surface area contributed by atoms with E-state index in [0.29, 0.717) is 36.0 Å². The minimum Gasteiger partial charge on any atom is -0.488 e. The lowest BCUT2D eigenvalue weighted by atomic mass is 10.1. The Morgan fingerprint density at radius 1 is 0.968 bits per heavy atom. The Labute approximate surface area is 185 Å². The number of rotatable bonds is 8. The highest BCUT2D eigenvalue weighted by molar-refractivity contribution is 6.30. The smallest absolute Gasteiger partial charge is 0.255 e. The van der Waals surface area contributed by atoms with Crippen molar-refractivity contribution >= 4 is 17.5 Å². The Bertz CT molecular complexity index is 1140. The third-order valence-corrected chi connectivity index (χ3v) is 5.05. The molecule has 0 radical (unpaired) electrons. The van der Waals surface area contributed by atoms with Gasteiger partial charge in [-0.1, -0.05) is 60.1 Å². The van der Waals surface area contributed by atoms with Gasteiger partial charge in [0.25, 0.3) is 5.91 Å². The zero-order valence-corrected chi connectivity index (χ0v) is 17.5. The SMILES string of the molecule is O=C(NCc1ccccc1Cn1cncn1)c1ccccc1OCc1ccc(Cl)cc1. The number of amides is 1. The van der Waals surface area contributed by atoms with Crippen LogP contribution in [-0.4, -0.2) is 20.7 Å². The van der Waals surface area contributed by atoms with Gasteiger partial charge in [-0.2, -0.15) is 5.10 Å². The summed E-state index contributed by atoms with van der Waals surface area (Å²) in [4.78, 5) is 16.9. The van der Waals surface area contributed by atoms with Crippen LogP contribution >= 0.6 is 11.6 Å². The summed E-state index contributed by atoms with van der Waals surface area (Å²) >= 11 is 5.93. The zero-order valence-electron chi connectivity index (χ0n) is 16.7. The van der Waals surface area contributed by atoms with Gasteiger partial charge >= 0.3 is 0 Å². The first-order valence-corrected chi connectivity index (χ1v) is 10.2. The van der Waals surface area contributed by atoms with Crippen LogP contribution in [0.1, 0.15) is 27.0 Å². The first-order chi connectivity index (χ1) is 15.2. The number of nitrogens with zero attached hydrogens (tertiary/aromatic N) is 3. The Morgan fingerprint density at radius 3 is 2.48 bits per heavy atom. The molecule has 156 valence electrons. The number of para-hydroxylation sites is 1. The van der Waals surface area contributed by atoms with Gasteiger partial charge in [-0.05, 0) is 41.0 Å². The van der Waals surface area contributed by atoms with Crippen LogP contribution in [0, 0.1) is 0 Å². The Morgan fingerprint density at radius 2 is 1.71 bits per heavy atom. The third-order valence-electron chi connectivity index (χ3n) is 4.80. The first kappa shape index (κ1) is 20.6. The van der Waals surface area contributed by atoms with Crippen molar-refractivity contribution in [3.05, 3.63) is 113 Å². The minimum atomic E-state index is -0.192. The Kier molecular flexibility index (Phi) is 6.59. The minimum absolute atomic E-state index is 0.192. The maximum Gasteiger partial charge on any atom is 0.255 e. The number of hydrogen-bond donors (Lipinski definition) is 1. The van der Waals surface area contributed by atoms with Crippen LogP contribution < -0.4 is 10.1 Å². The maximum absolute atomic E-state index is 12.9. The van der Waals surface area contributed by atoms with E-state index in [0.717, 1.165) is 16.7 Å². The lowest BCUT2D eigenvalue weighted by Gasteiger charge is -2.13. The van der Waals surface area contributed by atoms with Crippen LogP contribution in [0.25, 0.3) is 0 Å². The van der Waals surface area contributed by atoms with Crippen LogP contribution in [-0.2, 0) is 19.7 Å². The fourth-order valence-corrected chi connectivity index (χ4v) is 3.29. The largest absolute Gasteiger partial charge is 0.488 e. The molecule has 1 amide bonds. The number of aromatic nitrogens is 3. The van der Waals surface area contributed by atoms with E-state index in [1.807, 2.05) is 60.7 Å². The van der Waals surface area contributed by atoms with Crippen molar-refractivity contribution in [1.29, 1.82) is 0 Å². The van der Waals surface area contributed by atoms with E-state index >= 15 is 0 Å². The van der Waals surface area contributed by atoms with Crippen molar-refractivity contribution in [3.8, 4) is 5.75 Å². The molecule has 0 aliphatic rings. The molecule has 0 fully saturated rings. The van der Waals surface area contributed by atoms with Gasteiger partial charge in [0, 0.05) is 11.6 Å². The van der Waals surface area contributed by atoms with E-state index in [2.05, 4.69) is 15.4 Å². The molecule has 1 heterocycles. The van der Waals surface area contributed by atoms with E-state index < -0.39 is 0 Å². The molecule has 31 heavy (non-hydrogen) atoms. The summed E-state index contributed by atoms with van der Waals surface area (Å²) < 4.78 is 7.66. The number of carbonyl (C=O) groups is 1. The van der Waals surface area contributed by atoms with Gasteiger partial charge in [-0.15, -0.1) is 0 Å². The van der Waals surface area contributed by atoms with Crippen LogP contribution in [0.15, 0.2) is 85.5 Å². The average molecular weight is 433 g/mol. The fraction of sp³-hybridized carbons (Fsp3) is 0.125. The standard InChI is InChI=1S/C24H21ClN4O2/c25-21-11-9-18(10-12-21)15-31-23-8-4-3-7-22(23)24(30)27-13-19-5-1-2-6-20(19)14-29-17-26-16-28-29/h1-12,16-17H,13-15H2,(H,27,30).